The molecular weight excluding hydrogens is 204 g/mol. The van der Waals surface area contributed by atoms with Crippen molar-refractivity contribution in [3.63, 3.8) is 0 Å². The van der Waals surface area contributed by atoms with E-state index < -0.39 is 0 Å². The molecule has 0 aliphatic carbocycles. The number of hydrogen-bond acceptors (Lipinski definition) is 5. The molecule has 2 N–H and O–H groups in total. The highest BCUT2D eigenvalue weighted by atomic mass is 16.3. The minimum Gasteiger partial charge on any atom is -0.395 e. The van der Waals surface area contributed by atoms with Crippen molar-refractivity contribution in [3.8, 4) is 0 Å². The first-order valence-corrected chi connectivity index (χ1v) is 5.23. The molecule has 16 heavy (non-hydrogen) atoms. The first-order chi connectivity index (χ1) is 7.31. The molecule has 0 aliphatic rings. The topological polar surface area (TPSA) is 61.3 Å². The molecule has 0 saturated heterocycles. The first kappa shape index (κ1) is 14.6. The van der Waals surface area contributed by atoms with Crippen LogP contribution in [0.4, 0.5) is 11.6 Å². The van der Waals surface area contributed by atoms with Crippen molar-refractivity contribution in [1.29, 1.82) is 0 Å². The van der Waals surface area contributed by atoms with Crippen LogP contribution in [0.2, 0.25) is 0 Å². The lowest BCUT2D eigenvalue weighted by Crippen LogP contribution is -2.23. The molecule has 0 unspecified atom stereocenters. The molecule has 1 aromatic heterocycles. The van der Waals surface area contributed by atoms with Crippen LogP contribution in [-0.4, -0.2) is 41.3 Å². The zero-order valence-corrected chi connectivity index (χ0v) is 9.27. The molecule has 0 atom stereocenters. The molecule has 0 aliphatic heterocycles. The van der Waals surface area contributed by atoms with E-state index in [1.807, 2.05) is 6.07 Å². The fourth-order valence-electron chi connectivity index (χ4n) is 1.35. The van der Waals surface area contributed by atoms with Crippen molar-refractivity contribution in [3.05, 3.63) is 12.4 Å². The maximum atomic E-state index is 8.68. The Bertz CT molecular complexity index is 289. The Kier molecular flexibility index (Phi) is 7.20. The summed E-state index contributed by atoms with van der Waals surface area (Å²) >= 11 is 0. The van der Waals surface area contributed by atoms with Gasteiger partial charge in [-0.15, -0.1) is 0 Å². The lowest BCUT2D eigenvalue weighted by molar-refractivity contribution is 0.311. The average molecular weight is 226 g/mol. The third kappa shape index (κ3) is 4.02. The second-order valence-corrected chi connectivity index (χ2v) is 3.08. The Morgan fingerprint density at radius 1 is 1.31 bits per heavy atom. The molecule has 1 aromatic rings. The summed E-state index contributed by atoms with van der Waals surface area (Å²) in [5, 5.41) is 11.7. The van der Waals surface area contributed by atoms with Crippen LogP contribution in [0.1, 0.15) is 21.3 Å². The van der Waals surface area contributed by atoms with Gasteiger partial charge < -0.3 is 15.3 Å². The standard InChI is InChI=1S/C10H18N4O.CH4/c1-3-14(4-2)10-7-9(11-5-6-15)12-8-13-10;/h7-8,15H,3-6H2,1-2H3,(H,11,12,13);1H4. The summed E-state index contributed by atoms with van der Waals surface area (Å²) in [4.78, 5) is 10.4. The Labute approximate surface area is 97.5 Å². The number of rotatable bonds is 6. The van der Waals surface area contributed by atoms with Gasteiger partial charge in [0.25, 0.3) is 0 Å². The zero-order chi connectivity index (χ0) is 11.1. The summed E-state index contributed by atoms with van der Waals surface area (Å²) in [5.41, 5.74) is 0. The molecule has 0 saturated carbocycles. The molecule has 1 rings (SSSR count). The van der Waals surface area contributed by atoms with Gasteiger partial charge in [0.15, 0.2) is 0 Å². The van der Waals surface area contributed by atoms with E-state index in [9.17, 15) is 0 Å². The number of aliphatic hydroxyl groups excluding tert-OH is 1. The summed E-state index contributed by atoms with van der Waals surface area (Å²) in [6.45, 7) is 6.64. The molecule has 5 heteroatoms. The van der Waals surface area contributed by atoms with Crippen LogP contribution in [0.15, 0.2) is 12.4 Å². The van der Waals surface area contributed by atoms with E-state index in [4.69, 9.17) is 5.11 Å². The third-order valence-electron chi connectivity index (χ3n) is 2.16. The number of hydrogen-bond donors (Lipinski definition) is 2. The summed E-state index contributed by atoms with van der Waals surface area (Å²) in [6.07, 6.45) is 1.54. The van der Waals surface area contributed by atoms with Crippen molar-refractivity contribution < 1.29 is 5.11 Å². The zero-order valence-electron chi connectivity index (χ0n) is 9.27. The number of nitrogens with zero attached hydrogens (tertiary/aromatic N) is 3. The normalized spacial score (nSPS) is 9.44. The molecule has 5 nitrogen and oxygen atoms in total. The van der Waals surface area contributed by atoms with E-state index in [2.05, 4.69) is 34.0 Å². The summed E-state index contributed by atoms with van der Waals surface area (Å²) in [7, 11) is 0. The van der Waals surface area contributed by atoms with Gasteiger partial charge in [0.2, 0.25) is 0 Å². The highest BCUT2D eigenvalue weighted by Crippen LogP contribution is 2.12. The smallest absolute Gasteiger partial charge is 0.134 e. The lowest BCUT2D eigenvalue weighted by atomic mass is 10.4. The largest absolute Gasteiger partial charge is 0.395 e. The second-order valence-electron chi connectivity index (χ2n) is 3.08. The first-order valence-electron chi connectivity index (χ1n) is 5.23. The Balaban J connectivity index is 0.00000225. The number of nitrogens with one attached hydrogen (secondary N) is 1. The van der Waals surface area contributed by atoms with Crippen LogP contribution in [-0.2, 0) is 0 Å². The molecule has 0 amide bonds. The Hall–Kier alpha value is -1.36. The quantitative estimate of drug-likeness (QED) is 0.767. The van der Waals surface area contributed by atoms with E-state index in [1.54, 1.807) is 0 Å². The average Bonchev–Trinajstić information content (AvgIpc) is 2.29. The minimum absolute atomic E-state index is 0. The summed E-state index contributed by atoms with van der Waals surface area (Å²) in [5.74, 6) is 1.66. The van der Waals surface area contributed by atoms with Crippen molar-refractivity contribution in [2.45, 2.75) is 21.3 Å². The highest BCUT2D eigenvalue weighted by Gasteiger charge is 2.04. The molecule has 0 spiro atoms. The summed E-state index contributed by atoms with van der Waals surface area (Å²) in [6, 6.07) is 1.89. The van der Waals surface area contributed by atoms with Gasteiger partial charge in [-0.05, 0) is 13.8 Å². The van der Waals surface area contributed by atoms with Gasteiger partial charge in [0, 0.05) is 25.7 Å². The van der Waals surface area contributed by atoms with Crippen LogP contribution in [0.25, 0.3) is 0 Å². The van der Waals surface area contributed by atoms with E-state index >= 15 is 0 Å². The fourth-order valence-corrected chi connectivity index (χ4v) is 1.35. The van der Waals surface area contributed by atoms with Crippen LogP contribution < -0.4 is 10.2 Å². The minimum atomic E-state index is 0. The van der Waals surface area contributed by atoms with Gasteiger partial charge in [-0.1, -0.05) is 7.43 Å². The molecule has 0 fully saturated rings. The van der Waals surface area contributed by atoms with Crippen molar-refractivity contribution >= 4 is 11.6 Å². The van der Waals surface area contributed by atoms with Gasteiger partial charge in [-0.25, -0.2) is 9.97 Å². The van der Waals surface area contributed by atoms with E-state index in [1.165, 1.54) is 6.33 Å². The van der Waals surface area contributed by atoms with E-state index in [-0.39, 0.29) is 14.0 Å². The molecule has 0 bridgehead atoms. The van der Waals surface area contributed by atoms with Gasteiger partial charge in [-0.2, -0.15) is 0 Å². The monoisotopic (exact) mass is 226 g/mol. The lowest BCUT2D eigenvalue weighted by Gasteiger charge is -2.19. The predicted octanol–water partition coefficient (Wildman–Crippen LogP) is 1.36. The van der Waals surface area contributed by atoms with Gasteiger partial charge in [0.1, 0.15) is 18.0 Å². The molecular formula is C11H22N4O. The van der Waals surface area contributed by atoms with Gasteiger partial charge in [0.05, 0.1) is 6.61 Å². The Morgan fingerprint density at radius 2 is 2.00 bits per heavy atom. The fraction of sp³-hybridized carbons (Fsp3) is 0.636. The number of aliphatic hydroxyl groups is 1. The van der Waals surface area contributed by atoms with Crippen LogP contribution in [0.3, 0.4) is 0 Å². The van der Waals surface area contributed by atoms with Gasteiger partial charge >= 0.3 is 0 Å². The predicted molar refractivity (Wildman–Crippen MR) is 67.9 cm³/mol. The van der Waals surface area contributed by atoms with Crippen molar-refractivity contribution in [2.75, 3.05) is 36.5 Å². The molecule has 0 radical (unpaired) electrons. The second kappa shape index (κ2) is 7.87. The number of anilines is 2. The third-order valence-corrected chi connectivity index (χ3v) is 2.16. The van der Waals surface area contributed by atoms with Crippen molar-refractivity contribution in [1.82, 2.24) is 9.97 Å². The SMILES string of the molecule is C.CCN(CC)c1cc(NCCO)ncn1. The highest BCUT2D eigenvalue weighted by molar-refractivity contribution is 5.48. The molecule has 92 valence electrons. The molecule has 0 aromatic carbocycles. The van der Waals surface area contributed by atoms with Crippen LogP contribution >= 0.6 is 0 Å². The van der Waals surface area contributed by atoms with Gasteiger partial charge in [-0.3, -0.25) is 0 Å². The van der Waals surface area contributed by atoms with Crippen LogP contribution in [0.5, 0.6) is 0 Å². The van der Waals surface area contributed by atoms with Crippen molar-refractivity contribution in [2.24, 2.45) is 0 Å². The van der Waals surface area contributed by atoms with Crippen LogP contribution in [0, 0.1) is 0 Å². The summed E-state index contributed by atoms with van der Waals surface area (Å²) < 4.78 is 0. The molecule has 1 heterocycles. The number of aromatic nitrogens is 2. The maximum absolute atomic E-state index is 8.68. The Morgan fingerprint density at radius 3 is 2.56 bits per heavy atom. The van der Waals surface area contributed by atoms with E-state index in [0.29, 0.717) is 6.54 Å². The maximum Gasteiger partial charge on any atom is 0.134 e. The van der Waals surface area contributed by atoms with E-state index in [0.717, 1.165) is 24.7 Å².